The molecular weight excluding hydrogens is 260 g/mol. The molecule has 2 aromatic carbocycles. The highest BCUT2D eigenvalue weighted by Crippen LogP contribution is 2.27. The van der Waals surface area contributed by atoms with Crippen LogP contribution in [0.25, 0.3) is 10.4 Å². The Balaban J connectivity index is 1.80. The number of benzene rings is 2. The van der Waals surface area contributed by atoms with Crippen molar-refractivity contribution in [2.45, 2.75) is 19.3 Å². The number of rotatable bonds is 4. The van der Waals surface area contributed by atoms with Gasteiger partial charge in [-0.05, 0) is 40.5 Å². The van der Waals surface area contributed by atoms with Crippen molar-refractivity contribution in [3.63, 3.8) is 0 Å². The molecule has 0 aliphatic rings. The molecule has 3 aromatic rings. The SMILES string of the molecule is CC(Cc1cccc(-c2cccs2)c1)c1ccccc1. The van der Waals surface area contributed by atoms with Gasteiger partial charge in [-0.15, -0.1) is 11.3 Å². The van der Waals surface area contributed by atoms with Crippen LogP contribution in [0.15, 0.2) is 72.1 Å². The lowest BCUT2D eigenvalue weighted by Gasteiger charge is -2.12. The molecule has 0 fully saturated rings. The van der Waals surface area contributed by atoms with E-state index in [1.165, 1.54) is 21.6 Å². The third-order valence-electron chi connectivity index (χ3n) is 3.64. The third kappa shape index (κ3) is 3.00. The molecule has 0 aliphatic carbocycles. The first-order chi connectivity index (χ1) is 9.83. The summed E-state index contributed by atoms with van der Waals surface area (Å²) in [5.41, 5.74) is 4.15. The smallest absolute Gasteiger partial charge is 0.0342 e. The summed E-state index contributed by atoms with van der Waals surface area (Å²) in [5.74, 6) is 0.551. The van der Waals surface area contributed by atoms with E-state index in [0.29, 0.717) is 5.92 Å². The Labute approximate surface area is 124 Å². The zero-order valence-electron chi connectivity index (χ0n) is 11.6. The van der Waals surface area contributed by atoms with Crippen molar-refractivity contribution in [1.82, 2.24) is 0 Å². The average Bonchev–Trinajstić information content (AvgIpc) is 3.03. The maximum absolute atomic E-state index is 2.32. The van der Waals surface area contributed by atoms with Crippen LogP contribution in [-0.2, 0) is 6.42 Å². The molecule has 0 saturated carbocycles. The fourth-order valence-electron chi connectivity index (χ4n) is 2.55. The Hall–Kier alpha value is -1.86. The van der Waals surface area contributed by atoms with Crippen LogP contribution in [0.5, 0.6) is 0 Å². The molecule has 1 heterocycles. The van der Waals surface area contributed by atoms with Gasteiger partial charge in [-0.3, -0.25) is 0 Å². The fraction of sp³-hybridized carbons (Fsp3) is 0.158. The third-order valence-corrected chi connectivity index (χ3v) is 4.56. The molecule has 1 atom stereocenters. The van der Waals surface area contributed by atoms with Crippen LogP contribution in [0, 0.1) is 0 Å². The van der Waals surface area contributed by atoms with Crippen molar-refractivity contribution in [3.05, 3.63) is 83.2 Å². The lowest BCUT2D eigenvalue weighted by atomic mass is 9.93. The maximum atomic E-state index is 2.32. The molecule has 0 amide bonds. The van der Waals surface area contributed by atoms with E-state index >= 15 is 0 Å². The van der Waals surface area contributed by atoms with Crippen molar-refractivity contribution in [2.24, 2.45) is 0 Å². The van der Waals surface area contributed by atoms with Crippen LogP contribution < -0.4 is 0 Å². The normalized spacial score (nSPS) is 12.2. The minimum Gasteiger partial charge on any atom is -0.144 e. The molecule has 1 aromatic heterocycles. The highest BCUT2D eigenvalue weighted by Gasteiger charge is 2.07. The molecule has 0 aliphatic heterocycles. The summed E-state index contributed by atoms with van der Waals surface area (Å²) in [5, 5.41) is 2.13. The predicted octanol–water partition coefficient (Wildman–Crippen LogP) is 5.76. The van der Waals surface area contributed by atoms with Crippen molar-refractivity contribution < 1.29 is 0 Å². The van der Waals surface area contributed by atoms with Crippen LogP contribution in [0.4, 0.5) is 0 Å². The van der Waals surface area contributed by atoms with Gasteiger partial charge in [0, 0.05) is 4.88 Å². The maximum Gasteiger partial charge on any atom is 0.0342 e. The van der Waals surface area contributed by atoms with Crippen LogP contribution >= 0.6 is 11.3 Å². The van der Waals surface area contributed by atoms with E-state index in [-0.39, 0.29) is 0 Å². The van der Waals surface area contributed by atoms with Gasteiger partial charge in [-0.1, -0.05) is 67.6 Å². The second-order valence-electron chi connectivity index (χ2n) is 5.19. The van der Waals surface area contributed by atoms with E-state index in [4.69, 9.17) is 0 Å². The Morgan fingerprint density at radius 3 is 2.50 bits per heavy atom. The molecule has 100 valence electrons. The minimum absolute atomic E-state index is 0.551. The van der Waals surface area contributed by atoms with Crippen molar-refractivity contribution in [3.8, 4) is 10.4 Å². The number of thiophene rings is 1. The van der Waals surface area contributed by atoms with Crippen molar-refractivity contribution >= 4 is 11.3 Å². The summed E-state index contributed by atoms with van der Waals surface area (Å²) in [6.07, 6.45) is 1.09. The minimum atomic E-state index is 0.551. The number of hydrogen-bond donors (Lipinski definition) is 0. The topological polar surface area (TPSA) is 0 Å². The zero-order valence-corrected chi connectivity index (χ0v) is 12.4. The monoisotopic (exact) mass is 278 g/mol. The van der Waals surface area contributed by atoms with Gasteiger partial charge in [0.2, 0.25) is 0 Å². The van der Waals surface area contributed by atoms with E-state index in [1.807, 2.05) is 0 Å². The van der Waals surface area contributed by atoms with Crippen LogP contribution in [0.2, 0.25) is 0 Å². The molecule has 1 heteroatoms. The van der Waals surface area contributed by atoms with Crippen LogP contribution in [0.3, 0.4) is 0 Å². The first kappa shape index (κ1) is 13.1. The number of hydrogen-bond acceptors (Lipinski definition) is 1. The second-order valence-corrected chi connectivity index (χ2v) is 6.14. The van der Waals surface area contributed by atoms with E-state index in [0.717, 1.165) is 6.42 Å². The van der Waals surface area contributed by atoms with E-state index in [1.54, 1.807) is 11.3 Å². The van der Waals surface area contributed by atoms with Gasteiger partial charge < -0.3 is 0 Å². The molecule has 0 saturated heterocycles. The standard InChI is InChI=1S/C19H18S/c1-15(17-8-3-2-4-9-17)13-16-7-5-10-18(14-16)19-11-6-12-20-19/h2-12,14-15H,13H2,1H3. The Kier molecular flexibility index (Phi) is 3.98. The van der Waals surface area contributed by atoms with Gasteiger partial charge in [0.25, 0.3) is 0 Å². The van der Waals surface area contributed by atoms with Crippen LogP contribution in [-0.4, -0.2) is 0 Å². The van der Waals surface area contributed by atoms with Gasteiger partial charge in [0.15, 0.2) is 0 Å². The van der Waals surface area contributed by atoms with Gasteiger partial charge in [-0.25, -0.2) is 0 Å². The molecule has 0 nitrogen and oxygen atoms in total. The second kappa shape index (κ2) is 6.06. The molecule has 3 rings (SSSR count). The first-order valence-corrected chi connectivity index (χ1v) is 7.88. The molecule has 20 heavy (non-hydrogen) atoms. The quantitative estimate of drug-likeness (QED) is 0.569. The van der Waals surface area contributed by atoms with Gasteiger partial charge in [-0.2, -0.15) is 0 Å². The summed E-state index contributed by atoms with van der Waals surface area (Å²) in [7, 11) is 0. The molecular formula is C19H18S. The highest BCUT2D eigenvalue weighted by atomic mass is 32.1. The summed E-state index contributed by atoms with van der Waals surface area (Å²) in [6, 6.07) is 24.0. The zero-order chi connectivity index (χ0) is 13.8. The van der Waals surface area contributed by atoms with E-state index in [2.05, 4.69) is 79.0 Å². The first-order valence-electron chi connectivity index (χ1n) is 7.01. The van der Waals surface area contributed by atoms with Gasteiger partial charge in [0.05, 0.1) is 0 Å². The van der Waals surface area contributed by atoms with Crippen molar-refractivity contribution in [2.75, 3.05) is 0 Å². The molecule has 0 radical (unpaired) electrons. The molecule has 0 bridgehead atoms. The summed E-state index contributed by atoms with van der Waals surface area (Å²) >= 11 is 1.80. The lowest BCUT2D eigenvalue weighted by molar-refractivity contribution is 0.759. The van der Waals surface area contributed by atoms with Gasteiger partial charge >= 0.3 is 0 Å². The summed E-state index contributed by atoms with van der Waals surface area (Å²) in [4.78, 5) is 1.35. The Morgan fingerprint density at radius 2 is 1.75 bits per heavy atom. The predicted molar refractivity (Wildman–Crippen MR) is 88.3 cm³/mol. The molecule has 1 unspecified atom stereocenters. The molecule has 0 N–H and O–H groups in total. The molecule has 0 spiro atoms. The van der Waals surface area contributed by atoms with Crippen LogP contribution in [0.1, 0.15) is 24.0 Å². The summed E-state index contributed by atoms with van der Waals surface area (Å²) in [6.45, 7) is 2.30. The fourth-order valence-corrected chi connectivity index (χ4v) is 3.27. The van der Waals surface area contributed by atoms with E-state index in [9.17, 15) is 0 Å². The van der Waals surface area contributed by atoms with E-state index < -0.39 is 0 Å². The Bertz CT molecular complexity index is 653. The summed E-state index contributed by atoms with van der Waals surface area (Å²) < 4.78 is 0. The Morgan fingerprint density at radius 1 is 0.900 bits per heavy atom. The van der Waals surface area contributed by atoms with Gasteiger partial charge in [0.1, 0.15) is 0 Å². The van der Waals surface area contributed by atoms with Crippen molar-refractivity contribution in [1.29, 1.82) is 0 Å². The average molecular weight is 278 g/mol. The largest absolute Gasteiger partial charge is 0.144 e. The highest BCUT2D eigenvalue weighted by molar-refractivity contribution is 7.13. The lowest BCUT2D eigenvalue weighted by Crippen LogP contribution is -1.98.